The molecule has 4 heteroatoms. The zero-order valence-electron chi connectivity index (χ0n) is 12.1. The molecule has 1 aromatic rings. The third kappa shape index (κ3) is 3.59. The van der Waals surface area contributed by atoms with Gasteiger partial charge in [-0.05, 0) is 32.9 Å². The van der Waals surface area contributed by atoms with Gasteiger partial charge in [-0.25, -0.2) is 0 Å². The molecule has 2 heterocycles. The summed E-state index contributed by atoms with van der Waals surface area (Å²) < 4.78 is 5.69. The second kappa shape index (κ2) is 5.65. The minimum Gasteiger partial charge on any atom is -0.468 e. The summed E-state index contributed by atoms with van der Waals surface area (Å²) in [5, 5.41) is 3.52. The summed E-state index contributed by atoms with van der Waals surface area (Å²) in [7, 11) is 2.20. The van der Waals surface area contributed by atoms with Crippen molar-refractivity contribution in [3.8, 4) is 0 Å². The quantitative estimate of drug-likeness (QED) is 0.875. The first-order valence-corrected chi connectivity index (χ1v) is 7.43. The van der Waals surface area contributed by atoms with E-state index in [0.29, 0.717) is 6.04 Å². The molecule has 1 atom stereocenters. The highest BCUT2D eigenvalue weighted by atomic mass is 16.3. The minimum absolute atomic E-state index is 0.639. The maximum absolute atomic E-state index is 5.69. The lowest BCUT2D eigenvalue weighted by Gasteiger charge is -2.37. The van der Waals surface area contributed by atoms with Crippen LogP contribution in [-0.2, 0) is 13.1 Å². The predicted octanol–water partition coefficient (Wildman–Crippen LogP) is 1.67. The van der Waals surface area contributed by atoms with Crippen molar-refractivity contribution in [1.82, 2.24) is 15.1 Å². The van der Waals surface area contributed by atoms with Crippen LogP contribution in [0.2, 0.25) is 0 Å². The summed E-state index contributed by atoms with van der Waals surface area (Å²) in [6.07, 6.45) is 4.58. The van der Waals surface area contributed by atoms with E-state index in [0.717, 1.165) is 44.5 Å². The van der Waals surface area contributed by atoms with E-state index in [9.17, 15) is 0 Å². The van der Waals surface area contributed by atoms with E-state index in [4.69, 9.17) is 4.42 Å². The van der Waals surface area contributed by atoms with Crippen molar-refractivity contribution >= 4 is 0 Å². The third-order valence-corrected chi connectivity index (χ3v) is 4.30. The lowest BCUT2D eigenvalue weighted by atomic mass is 10.2. The van der Waals surface area contributed by atoms with Crippen molar-refractivity contribution in [2.75, 3.05) is 26.7 Å². The van der Waals surface area contributed by atoms with E-state index in [2.05, 4.69) is 35.2 Å². The summed E-state index contributed by atoms with van der Waals surface area (Å²) in [5.41, 5.74) is 1.28. The van der Waals surface area contributed by atoms with Gasteiger partial charge < -0.3 is 14.6 Å². The maximum Gasteiger partial charge on any atom is 0.118 e. The smallest absolute Gasteiger partial charge is 0.118 e. The van der Waals surface area contributed by atoms with Gasteiger partial charge in [0.05, 0.1) is 12.8 Å². The number of furan rings is 1. The number of piperazine rings is 1. The molecular weight excluding hydrogens is 238 g/mol. The van der Waals surface area contributed by atoms with Gasteiger partial charge in [-0.1, -0.05) is 0 Å². The van der Waals surface area contributed by atoms with E-state index in [-0.39, 0.29) is 0 Å². The molecule has 1 aliphatic carbocycles. The van der Waals surface area contributed by atoms with Crippen molar-refractivity contribution in [2.24, 2.45) is 0 Å². The van der Waals surface area contributed by atoms with Gasteiger partial charge in [0.25, 0.3) is 0 Å². The summed E-state index contributed by atoms with van der Waals surface area (Å²) in [6, 6.07) is 3.61. The Morgan fingerprint density at radius 3 is 2.95 bits per heavy atom. The van der Waals surface area contributed by atoms with E-state index in [1.807, 2.05) is 6.26 Å². The Labute approximate surface area is 115 Å². The summed E-state index contributed by atoms with van der Waals surface area (Å²) in [4.78, 5) is 4.91. The summed E-state index contributed by atoms with van der Waals surface area (Å²) in [6.45, 7) is 7.61. The molecule has 0 spiro atoms. The zero-order valence-corrected chi connectivity index (χ0v) is 12.1. The Kier molecular flexibility index (Phi) is 3.91. The summed E-state index contributed by atoms with van der Waals surface area (Å²) in [5.74, 6) is 1.10. The second-order valence-electron chi connectivity index (χ2n) is 6.14. The molecule has 1 saturated carbocycles. The first kappa shape index (κ1) is 13.2. The van der Waals surface area contributed by atoms with Gasteiger partial charge in [0.2, 0.25) is 0 Å². The van der Waals surface area contributed by atoms with Crippen molar-refractivity contribution < 1.29 is 4.42 Å². The topological polar surface area (TPSA) is 31.6 Å². The first-order chi connectivity index (χ1) is 9.20. The fourth-order valence-corrected chi connectivity index (χ4v) is 2.64. The average molecular weight is 263 g/mol. The second-order valence-corrected chi connectivity index (χ2v) is 6.14. The van der Waals surface area contributed by atoms with Crippen LogP contribution in [0.5, 0.6) is 0 Å². The van der Waals surface area contributed by atoms with Gasteiger partial charge in [-0.15, -0.1) is 0 Å². The molecule has 0 aromatic carbocycles. The highest BCUT2D eigenvalue weighted by Crippen LogP contribution is 2.20. The average Bonchev–Trinajstić information content (AvgIpc) is 3.12. The van der Waals surface area contributed by atoms with Crippen LogP contribution < -0.4 is 5.32 Å². The number of rotatable bonds is 5. The molecule has 1 unspecified atom stereocenters. The van der Waals surface area contributed by atoms with Crippen LogP contribution in [0.1, 0.15) is 31.1 Å². The Morgan fingerprint density at radius 2 is 2.21 bits per heavy atom. The molecule has 1 aromatic heterocycles. The Morgan fingerprint density at radius 1 is 1.37 bits per heavy atom. The van der Waals surface area contributed by atoms with Crippen molar-refractivity contribution in [3.63, 3.8) is 0 Å². The van der Waals surface area contributed by atoms with Gasteiger partial charge >= 0.3 is 0 Å². The van der Waals surface area contributed by atoms with Crippen LogP contribution in [-0.4, -0.2) is 48.6 Å². The predicted molar refractivity (Wildman–Crippen MR) is 75.9 cm³/mol. The Bertz CT molecular complexity index is 413. The molecule has 2 fully saturated rings. The van der Waals surface area contributed by atoms with Gasteiger partial charge in [-0.3, -0.25) is 4.90 Å². The van der Waals surface area contributed by atoms with Gasteiger partial charge in [0, 0.05) is 43.8 Å². The fraction of sp³-hybridized carbons (Fsp3) is 0.733. The lowest BCUT2D eigenvalue weighted by Crippen LogP contribution is -2.49. The highest BCUT2D eigenvalue weighted by molar-refractivity contribution is 5.13. The summed E-state index contributed by atoms with van der Waals surface area (Å²) >= 11 is 0. The van der Waals surface area contributed by atoms with Crippen LogP contribution in [0.4, 0.5) is 0 Å². The largest absolute Gasteiger partial charge is 0.468 e. The normalized spacial score (nSPS) is 25.9. The molecule has 0 radical (unpaired) electrons. The van der Waals surface area contributed by atoms with E-state index < -0.39 is 0 Å². The van der Waals surface area contributed by atoms with Crippen LogP contribution in [0.3, 0.4) is 0 Å². The molecule has 19 heavy (non-hydrogen) atoms. The first-order valence-electron chi connectivity index (χ1n) is 7.43. The zero-order chi connectivity index (χ0) is 13.2. The van der Waals surface area contributed by atoms with E-state index in [1.54, 1.807) is 0 Å². The molecule has 0 amide bonds. The van der Waals surface area contributed by atoms with E-state index in [1.165, 1.54) is 18.4 Å². The van der Waals surface area contributed by atoms with Crippen LogP contribution in [0, 0.1) is 0 Å². The SMILES string of the molecule is CC1CN(Cc2cc(CNC3CC3)co2)CCN1C. The molecule has 1 saturated heterocycles. The van der Waals surface area contributed by atoms with Crippen molar-refractivity contribution in [2.45, 2.75) is 44.9 Å². The molecule has 1 aliphatic heterocycles. The molecule has 4 nitrogen and oxygen atoms in total. The van der Waals surface area contributed by atoms with E-state index >= 15 is 0 Å². The van der Waals surface area contributed by atoms with Gasteiger partial charge in [0.15, 0.2) is 0 Å². The molecule has 0 bridgehead atoms. The number of nitrogens with one attached hydrogen (secondary N) is 1. The molecular formula is C15H25N3O. The lowest BCUT2D eigenvalue weighted by molar-refractivity contribution is 0.0947. The van der Waals surface area contributed by atoms with Crippen molar-refractivity contribution in [1.29, 1.82) is 0 Å². The monoisotopic (exact) mass is 263 g/mol. The standard InChI is InChI=1S/C15H25N3O/c1-12-9-18(6-5-17(12)2)10-15-7-13(11-19-15)8-16-14-3-4-14/h7,11-12,14,16H,3-6,8-10H2,1-2H3. The maximum atomic E-state index is 5.69. The molecule has 106 valence electrons. The van der Waals surface area contributed by atoms with Crippen LogP contribution in [0.15, 0.2) is 16.7 Å². The molecule has 3 rings (SSSR count). The molecule has 2 aliphatic rings. The van der Waals surface area contributed by atoms with Gasteiger partial charge in [-0.2, -0.15) is 0 Å². The number of likely N-dealkylation sites (N-methyl/N-ethyl adjacent to an activating group) is 1. The highest BCUT2D eigenvalue weighted by Gasteiger charge is 2.22. The number of hydrogen-bond donors (Lipinski definition) is 1. The van der Waals surface area contributed by atoms with Crippen molar-refractivity contribution in [3.05, 3.63) is 23.7 Å². The third-order valence-electron chi connectivity index (χ3n) is 4.30. The van der Waals surface area contributed by atoms with Crippen LogP contribution in [0.25, 0.3) is 0 Å². The van der Waals surface area contributed by atoms with Gasteiger partial charge in [0.1, 0.15) is 5.76 Å². The Balaban J connectivity index is 1.48. The number of hydrogen-bond acceptors (Lipinski definition) is 4. The number of nitrogens with zero attached hydrogens (tertiary/aromatic N) is 2. The van der Waals surface area contributed by atoms with Crippen LogP contribution >= 0.6 is 0 Å². The minimum atomic E-state index is 0.639. The molecule has 1 N–H and O–H groups in total. The Hall–Kier alpha value is -0.840. The fourth-order valence-electron chi connectivity index (χ4n) is 2.64.